The Morgan fingerprint density at radius 1 is 1.50 bits per heavy atom. The predicted octanol–water partition coefficient (Wildman–Crippen LogP) is 1.75. The van der Waals surface area contributed by atoms with E-state index in [1.165, 1.54) is 11.3 Å². The van der Waals surface area contributed by atoms with Crippen LogP contribution in [0.3, 0.4) is 0 Å². The van der Waals surface area contributed by atoms with Crippen molar-refractivity contribution in [2.45, 2.75) is 20.4 Å². The predicted molar refractivity (Wildman–Crippen MR) is 57.3 cm³/mol. The Labute approximate surface area is 83.8 Å². The van der Waals surface area contributed by atoms with Crippen LogP contribution in [0.2, 0.25) is 0 Å². The Morgan fingerprint density at radius 3 is 3.14 bits per heavy atom. The van der Waals surface area contributed by atoms with Crippen LogP contribution < -0.4 is 5.32 Å². The van der Waals surface area contributed by atoms with Crippen molar-refractivity contribution in [1.82, 2.24) is 14.7 Å². The Bertz CT molecular complexity index is 431. The van der Waals surface area contributed by atoms with Gasteiger partial charge in [-0.15, -0.1) is 0 Å². The Kier molecular flexibility index (Phi) is 2.50. The third-order valence-corrected chi connectivity index (χ3v) is 2.34. The molecule has 2 aromatic heterocycles. The molecular formula is C11H15N3. The number of nitrogens with zero attached hydrogens (tertiary/aromatic N) is 2. The highest BCUT2D eigenvalue weighted by Gasteiger charge is 1.99. The minimum atomic E-state index is 0.916. The van der Waals surface area contributed by atoms with Crippen LogP contribution in [0.1, 0.15) is 18.2 Å². The molecule has 0 spiro atoms. The number of rotatable bonds is 3. The van der Waals surface area contributed by atoms with Crippen molar-refractivity contribution in [2.75, 3.05) is 6.54 Å². The highest BCUT2D eigenvalue weighted by atomic mass is 15.0. The van der Waals surface area contributed by atoms with Gasteiger partial charge in [0, 0.05) is 24.6 Å². The van der Waals surface area contributed by atoms with Gasteiger partial charge in [-0.05, 0) is 31.2 Å². The zero-order valence-electron chi connectivity index (χ0n) is 8.62. The highest BCUT2D eigenvalue weighted by Crippen LogP contribution is 2.08. The monoisotopic (exact) mass is 189 g/mol. The van der Waals surface area contributed by atoms with Gasteiger partial charge in [0.05, 0.1) is 0 Å². The van der Waals surface area contributed by atoms with Gasteiger partial charge in [0.1, 0.15) is 5.65 Å². The van der Waals surface area contributed by atoms with Crippen molar-refractivity contribution in [2.24, 2.45) is 0 Å². The number of aryl methyl sites for hydroxylation is 1. The van der Waals surface area contributed by atoms with Crippen LogP contribution in [0.25, 0.3) is 5.65 Å². The van der Waals surface area contributed by atoms with E-state index in [4.69, 9.17) is 0 Å². The molecule has 0 aliphatic heterocycles. The van der Waals surface area contributed by atoms with Gasteiger partial charge in [0.2, 0.25) is 0 Å². The zero-order valence-corrected chi connectivity index (χ0v) is 8.62. The summed E-state index contributed by atoms with van der Waals surface area (Å²) in [5.41, 5.74) is 3.48. The standard InChI is InChI=1S/C11H15N3/c1-3-12-8-10-4-5-14-9(2)7-13-11(14)6-10/h4-7,12H,3,8H2,1-2H3. The molecule has 0 saturated heterocycles. The first kappa shape index (κ1) is 9.21. The summed E-state index contributed by atoms with van der Waals surface area (Å²) >= 11 is 0. The minimum Gasteiger partial charge on any atom is -0.313 e. The number of aromatic nitrogens is 2. The normalized spacial score (nSPS) is 11.0. The molecule has 0 saturated carbocycles. The third kappa shape index (κ3) is 1.63. The molecule has 74 valence electrons. The number of pyridine rings is 1. The summed E-state index contributed by atoms with van der Waals surface area (Å²) in [4.78, 5) is 4.32. The van der Waals surface area contributed by atoms with Crippen LogP contribution in [-0.4, -0.2) is 15.9 Å². The van der Waals surface area contributed by atoms with Gasteiger partial charge < -0.3 is 9.72 Å². The molecule has 0 bridgehead atoms. The molecule has 3 heteroatoms. The molecular weight excluding hydrogens is 174 g/mol. The van der Waals surface area contributed by atoms with Crippen LogP contribution in [-0.2, 0) is 6.54 Å². The van der Waals surface area contributed by atoms with E-state index in [0.717, 1.165) is 18.7 Å². The van der Waals surface area contributed by atoms with E-state index in [2.05, 4.69) is 46.9 Å². The third-order valence-electron chi connectivity index (χ3n) is 2.34. The van der Waals surface area contributed by atoms with Crippen LogP contribution in [0.15, 0.2) is 24.5 Å². The summed E-state index contributed by atoms with van der Waals surface area (Å²) < 4.78 is 2.09. The number of imidazole rings is 1. The molecule has 0 amide bonds. The van der Waals surface area contributed by atoms with E-state index >= 15 is 0 Å². The molecule has 0 aliphatic carbocycles. The Balaban J connectivity index is 2.32. The van der Waals surface area contributed by atoms with E-state index in [1.54, 1.807) is 0 Å². The molecule has 14 heavy (non-hydrogen) atoms. The van der Waals surface area contributed by atoms with Crippen molar-refractivity contribution in [3.8, 4) is 0 Å². The molecule has 0 unspecified atom stereocenters. The largest absolute Gasteiger partial charge is 0.313 e. The Morgan fingerprint density at radius 2 is 2.36 bits per heavy atom. The first-order valence-corrected chi connectivity index (χ1v) is 4.94. The average Bonchev–Trinajstić information content (AvgIpc) is 2.57. The van der Waals surface area contributed by atoms with Gasteiger partial charge in [-0.25, -0.2) is 4.98 Å². The number of hydrogen-bond acceptors (Lipinski definition) is 2. The van der Waals surface area contributed by atoms with E-state index in [0.29, 0.717) is 0 Å². The molecule has 0 atom stereocenters. The molecule has 0 radical (unpaired) electrons. The molecule has 2 aromatic rings. The lowest BCUT2D eigenvalue weighted by molar-refractivity contribution is 0.726. The van der Waals surface area contributed by atoms with Gasteiger partial charge >= 0.3 is 0 Å². The maximum absolute atomic E-state index is 4.32. The molecule has 0 aromatic carbocycles. The lowest BCUT2D eigenvalue weighted by atomic mass is 10.2. The quantitative estimate of drug-likeness (QED) is 0.797. The van der Waals surface area contributed by atoms with Gasteiger partial charge in [0.25, 0.3) is 0 Å². The number of nitrogens with one attached hydrogen (secondary N) is 1. The van der Waals surface area contributed by atoms with Crippen LogP contribution in [0.5, 0.6) is 0 Å². The second kappa shape index (κ2) is 3.80. The first-order valence-electron chi connectivity index (χ1n) is 4.94. The molecule has 1 N–H and O–H groups in total. The van der Waals surface area contributed by atoms with Gasteiger partial charge in [-0.3, -0.25) is 0 Å². The average molecular weight is 189 g/mol. The summed E-state index contributed by atoms with van der Waals surface area (Å²) in [5, 5.41) is 3.30. The maximum Gasteiger partial charge on any atom is 0.137 e. The second-order valence-corrected chi connectivity index (χ2v) is 3.44. The summed E-state index contributed by atoms with van der Waals surface area (Å²) in [6, 6.07) is 4.25. The fourth-order valence-corrected chi connectivity index (χ4v) is 1.53. The molecule has 3 nitrogen and oxygen atoms in total. The van der Waals surface area contributed by atoms with E-state index < -0.39 is 0 Å². The SMILES string of the molecule is CCNCc1ccn2c(C)cnc2c1. The number of fused-ring (bicyclic) bond motifs is 1. The fourth-order valence-electron chi connectivity index (χ4n) is 1.53. The summed E-state index contributed by atoms with van der Waals surface area (Å²) in [6.45, 7) is 6.08. The van der Waals surface area contributed by atoms with Gasteiger partial charge in [0.15, 0.2) is 0 Å². The van der Waals surface area contributed by atoms with Crippen molar-refractivity contribution in [3.63, 3.8) is 0 Å². The van der Waals surface area contributed by atoms with Crippen LogP contribution in [0.4, 0.5) is 0 Å². The van der Waals surface area contributed by atoms with Crippen molar-refractivity contribution in [3.05, 3.63) is 35.8 Å². The summed E-state index contributed by atoms with van der Waals surface area (Å²) in [6.07, 6.45) is 3.97. The van der Waals surface area contributed by atoms with Gasteiger partial charge in [-0.1, -0.05) is 6.92 Å². The first-order chi connectivity index (χ1) is 6.81. The van der Waals surface area contributed by atoms with Crippen molar-refractivity contribution >= 4 is 5.65 Å². The second-order valence-electron chi connectivity index (χ2n) is 3.44. The van der Waals surface area contributed by atoms with E-state index in [-0.39, 0.29) is 0 Å². The topological polar surface area (TPSA) is 29.3 Å². The van der Waals surface area contributed by atoms with Crippen LogP contribution >= 0.6 is 0 Å². The van der Waals surface area contributed by atoms with Gasteiger partial charge in [-0.2, -0.15) is 0 Å². The lowest BCUT2D eigenvalue weighted by Gasteiger charge is -2.02. The van der Waals surface area contributed by atoms with E-state index in [1.807, 2.05) is 6.20 Å². The Hall–Kier alpha value is -1.35. The number of hydrogen-bond donors (Lipinski definition) is 1. The zero-order chi connectivity index (χ0) is 9.97. The lowest BCUT2D eigenvalue weighted by Crippen LogP contribution is -2.11. The van der Waals surface area contributed by atoms with Crippen molar-refractivity contribution in [1.29, 1.82) is 0 Å². The highest BCUT2D eigenvalue weighted by molar-refractivity contribution is 5.43. The van der Waals surface area contributed by atoms with E-state index in [9.17, 15) is 0 Å². The smallest absolute Gasteiger partial charge is 0.137 e. The fraction of sp³-hybridized carbons (Fsp3) is 0.364. The molecule has 2 heterocycles. The molecule has 0 fully saturated rings. The molecule has 2 rings (SSSR count). The maximum atomic E-state index is 4.32. The minimum absolute atomic E-state index is 0.916. The summed E-state index contributed by atoms with van der Waals surface area (Å²) in [7, 11) is 0. The molecule has 0 aliphatic rings. The summed E-state index contributed by atoms with van der Waals surface area (Å²) in [5.74, 6) is 0. The van der Waals surface area contributed by atoms with Crippen LogP contribution in [0, 0.1) is 6.92 Å². The van der Waals surface area contributed by atoms with Crippen molar-refractivity contribution < 1.29 is 0 Å².